The number of halogens is 1. The van der Waals surface area contributed by atoms with Crippen molar-refractivity contribution in [1.82, 2.24) is 0 Å². The van der Waals surface area contributed by atoms with Crippen LogP contribution >= 0.6 is 11.6 Å². The Morgan fingerprint density at radius 1 is 1.10 bits per heavy atom. The molecule has 0 radical (unpaired) electrons. The van der Waals surface area contributed by atoms with E-state index >= 15 is 0 Å². The zero-order valence-corrected chi connectivity index (χ0v) is 11.4. The van der Waals surface area contributed by atoms with E-state index in [1.165, 1.54) is 36.4 Å². The molecule has 0 heterocycles. The highest BCUT2D eigenvalue weighted by atomic mass is 35.5. The van der Waals surface area contributed by atoms with Crippen LogP contribution in [0.1, 0.15) is 26.3 Å². The summed E-state index contributed by atoms with van der Waals surface area (Å²) in [7, 11) is 0. The molecule has 0 aliphatic carbocycles. The highest BCUT2D eigenvalue weighted by molar-refractivity contribution is 6.34. The molecule has 5 nitrogen and oxygen atoms in total. The second kappa shape index (κ2) is 6.07. The first-order valence-corrected chi connectivity index (χ1v) is 6.23. The van der Waals surface area contributed by atoms with Crippen molar-refractivity contribution in [2.24, 2.45) is 0 Å². The monoisotopic (exact) mass is 300 g/mol. The van der Waals surface area contributed by atoms with Crippen LogP contribution < -0.4 is 5.32 Å². The standard InChI is InChI=1S/C15H9ClN2O3/c16-12-6-1-9(8-17)7-13(12)18-14(19)10-2-4-11(5-3-10)15(20)21/h1-7H,(H,18,19)(H,20,21). The topological polar surface area (TPSA) is 90.2 Å². The fourth-order valence-corrected chi connectivity index (χ4v) is 1.81. The number of hydrogen-bond acceptors (Lipinski definition) is 3. The van der Waals surface area contributed by atoms with E-state index in [2.05, 4.69) is 5.32 Å². The first-order chi connectivity index (χ1) is 10.0. The molecule has 1 amide bonds. The minimum atomic E-state index is -1.06. The molecule has 104 valence electrons. The molecule has 2 aromatic rings. The molecule has 0 fully saturated rings. The van der Waals surface area contributed by atoms with Gasteiger partial charge in [-0.05, 0) is 42.5 Å². The van der Waals surface area contributed by atoms with Gasteiger partial charge in [0.1, 0.15) is 0 Å². The number of aromatic carboxylic acids is 1. The maximum absolute atomic E-state index is 12.0. The SMILES string of the molecule is N#Cc1ccc(Cl)c(NC(=O)c2ccc(C(=O)O)cc2)c1. The summed E-state index contributed by atoms with van der Waals surface area (Å²) in [5.74, 6) is -1.50. The summed E-state index contributed by atoms with van der Waals surface area (Å²) in [5.41, 5.74) is 1.08. The average Bonchev–Trinajstić information content (AvgIpc) is 2.49. The predicted octanol–water partition coefficient (Wildman–Crippen LogP) is 3.16. The number of nitriles is 1. The van der Waals surface area contributed by atoms with Crippen molar-refractivity contribution in [1.29, 1.82) is 5.26 Å². The molecule has 0 unspecified atom stereocenters. The van der Waals surface area contributed by atoms with Crippen molar-refractivity contribution >= 4 is 29.2 Å². The lowest BCUT2D eigenvalue weighted by molar-refractivity contribution is 0.0696. The summed E-state index contributed by atoms with van der Waals surface area (Å²) in [5, 5.41) is 20.5. The van der Waals surface area contributed by atoms with E-state index in [1.54, 1.807) is 6.07 Å². The number of nitrogens with zero attached hydrogens (tertiary/aromatic N) is 1. The molecular formula is C15H9ClN2O3. The molecule has 0 bridgehead atoms. The van der Waals surface area contributed by atoms with Crippen molar-refractivity contribution in [3.05, 3.63) is 64.2 Å². The number of carbonyl (C=O) groups is 2. The van der Waals surface area contributed by atoms with Gasteiger partial charge >= 0.3 is 5.97 Å². The molecule has 0 aliphatic rings. The number of hydrogen-bond donors (Lipinski definition) is 2. The first kappa shape index (κ1) is 14.6. The first-order valence-electron chi connectivity index (χ1n) is 5.85. The quantitative estimate of drug-likeness (QED) is 0.911. The fourth-order valence-electron chi connectivity index (χ4n) is 1.65. The highest BCUT2D eigenvalue weighted by Gasteiger charge is 2.10. The van der Waals surface area contributed by atoms with Crippen LogP contribution in [0.5, 0.6) is 0 Å². The Balaban J connectivity index is 2.22. The highest BCUT2D eigenvalue weighted by Crippen LogP contribution is 2.23. The van der Waals surface area contributed by atoms with E-state index in [0.717, 1.165) is 0 Å². The maximum atomic E-state index is 12.0. The zero-order chi connectivity index (χ0) is 15.4. The number of anilines is 1. The number of rotatable bonds is 3. The molecule has 2 rings (SSSR count). The lowest BCUT2D eigenvalue weighted by Crippen LogP contribution is -2.12. The summed E-state index contributed by atoms with van der Waals surface area (Å²) >= 11 is 5.95. The number of benzene rings is 2. The summed E-state index contributed by atoms with van der Waals surface area (Å²) in [6.45, 7) is 0. The van der Waals surface area contributed by atoms with Gasteiger partial charge in [0.25, 0.3) is 5.91 Å². The van der Waals surface area contributed by atoms with Crippen LogP contribution in [0, 0.1) is 11.3 Å². The fraction of sp³-hybridized carbons (Fsp3) is 0. The van der Waals surface area contributed by atoms with Crippen molar-refractivity contribution in [2.45, 2.75) is 0 Å². The van der Waals surface area contributed by atoms with Gasteiger partial charge in [0.2, 0.25) is 0 Å². The Hall–Kier alpha value is -2.84. The molecular weight excluding hydrogens is 292 g/mol. The van der Waals surface area contributed by atoms with Crippen molar-refractivity contribution in [3.63, 3.8) is 0 Å². The number of amides is 1. The van der Waals surface area contributed by atoms with Gasteiger partial charge in [0, 0.05) is 5.56 Å². The summed E-state index contributed by atoms with van der Waals surface area (Å²) in [6, 6.07) is 12.0. The molecule has 6 heteroatoms. The largest absolute Gasteiger partial charge is 0.478 e. The van der Waals surface area contributed by atoms with E-state index < -0.39 is 11.9 Å². The Bertz CT molecular complexity index is 749. The zero-order valence-electron chi connectivity index (χ0n) is 10.6. The van der Waals surface area contributed by atoms with Crippen molar-refractivity contribution in [3.8, 4) is 6.07 Å². The second-order valence-electron chi connectivity index (χ2n) is 4.14. The second-order valence-corrected chi connectivity index (χ2v) is 4.55. The molecule has 21 heavy (non-hydrogen) atoms. The van der Waals surface area contributed by atoms with Crippen LogP contribution in [0.2, 0.25) is 5.02 Å². The lowest BCUT2D eigenvalue weighted by atomic mass is 10.1. The van der Waals surface area contributed by atoms with E-state index in [4.69, 9.17) is 22.0 Å². The molecule has 2 N–H and O–H groups in total. The third kappa shape index (κ3) is 3.38. The average molecular weight is 301 g/mol. The van der Waals surface area contributed by atoms with Crippen molar-refractivity contribution in [2.75, 3.05) is 5.32 Å². The molecule has 2 aromatic carbocycles. The van der Waals surface area contributed by atoms with Gasteiger partial charge in [0.15, 0.2) is 0 Å². The van der Waals surface area contributed by atoms with Crippen LogP contribution in [0.15, 0.2) is 42.5 Å². The van der Waals surface area contributed by atoms with Gasteiger partial charge in [-0.15, -0.1) is 0 Å². The van der Waals surface area contributed by atoms with Crippen LogP contribution in [-0.4, -0.2) is 17.0 Å². The molecule has 0 saturated carbocycles. The van der Waals surface area contributed by atoms with Crippen LogP contribution in [0.4, 0.5) is 5.69 Å². The maximum Gasteiger partial charge on any atom is 0.335 e. The lowest BCUT2D eigenvalue weighted by Gasteiger charge is -2.07. The van der Waals surface area contributed by atoms with E-state index in [-0.39, 0.29) is 5.56 Å². The van der Waals surface area contributed by atoms with Crippen molar-refractivity contribution < 1.29 is 14.7 Å². The number of carbonyl (C=O) groups excluding carboxylic acids is 1. The van der Waals surface area contributed by atoms with Gasteiger partial charge in [-0.25, -0.2) is 4.79 Å². The van der Waals surface area contributed by atoms with E-state index in [0.29, 0.717) is 21.8 Å². The third-order valence-corrected chi connectivity index (χ3v) is 3.07. The Kier molecular flexibility index (Phi) is 4.21. The summed E-state index contributed by atoms with van der Waals surface area (Å²) in [4.78, 5) is 22.8. The van der Waals surface area contributed by atoms with Crippen LogP contribution in [0.25, 0.3) is 0 Å². The Morgan fingerprint density at radius 2 is 1.71 bits per heavy atom. The minimum absolute atomic E-state index is 0.0936. The van der Waals surface area contributed by atoms with Gasteiger partial charge in [-0.1, -0.05) is 11.6 Å². The summed E-state index contributed by atoms with van der Waals surface area (Å²) in [6.07, 6.45) is 0. The smallest absolute Gasteiger partial charge is 0.335 e. The number of nitrogens with one attached hydrogen (secondary N) is 1. The van der Waals surface area contributed by atoms with Gasteiger partial charge in [-0.2, -0.15) is 5.26 Å². The Morgan fingerprint density at radius 3 is 2.29 bits per heavy atom. The van der Waals surface area contributed by atoms with Crippen LogP contribution in [-0.2, 0) is 0 Å². The molecule has 0 aliphatic heterocycles. The molecule has 0 saturated heterocycles. The number of carboxylic acids is 1. The third-order valence-electron chi connectivity index (χ3n) is 2.74. The molecule has 0 spiro atoms. The summed E-state index contributed by atoms with van der Waals surface area (Å²) < 4.78 is 0. The number of carboxylic acid groups (broad SMARTS) is 1. The minimum Gasteiger partial charge on any atom is -0.478 e. The van der Waals surface area contributed by atoms with E-state index in [1.807, 2.05) is 6.07 Å². The molecule has 0 aromatic heterocycles. The van der Waals surface area contributed by atoms with Gasteiger partial charge < -0.3 is 10.4 Å². The predicted molar refractivity (Wildman–Crippen MR) is 77.5 cm³/mol. The van der Waals surface area contributed by atoms with Crippen LogP contribution in [0.3, 0.4) is 0 Å². The van der Waals surface area contributed by atoms with Gasteiger partial charge in [0.05, 0.1) is 27.9 Å². The Labute approximate surface area is 125 Å². The normalized spacial score (nSPS) is 9.71. The molecule has 0 atom stereocenters. The van der Waals surface area contributed by atoms with E-state index in [9.17, 15) is 9.59 Å². The van der Waals surface area contributed by atoms with Gasteiger partial charge in [-0.3, -0.25) is 4.79 Å².